The molecule has 6 N–H and O–H groups in total. The number of rotatable bonds is 2. The first kappa shape index (κ1) is 12.8. The third-order valence-corrected chi connectivity index (χ3v) is 3.37. The molecule has 0 amide bonds. The van der Waals surface area contributed by atoms with E-state index in [2.05, 4.69) is 5.32 Å². The summed E-state index contributed by atoms with van der Waals surface area (Å²) in [5.41, 5.74) is 0. The highest BCUT2D eigenvalue weighted by atomic mass is 32.2. The summed E-state index contributed by atoms with van der Waals surface area (Å²) in [6, 6.07) is -1.13. The summed E-state index contributed by atoms with van der Waals surface area (Å²) in [6.07, 6.45) is -5.13. The minimum atomic E-state index is -4.62. The zero-order chi connectivity index (χ0) is 11.8. The maximum Gasteiger partial charge on any atom is 0.283 e. The monoisotopic (exact) mass is 243 g/mol. The third-order valence-electron chi connectivity index (χ3n) is 2.32. The van der Waals surface area contributed by atoms with Gasteiger partial charge in [-0.3, -0.25) is 9.87 Å². The van der Waals surface area contributed by atoms with Crippen LogP contribution in [-0.2, 0) is 10.1 Å². The zero-order valence-corrected chi connectivity index (χ0v) is 8.37. The average molecular weight is 243 g/mol. The molecule has 90 valence electrons. The van der Waals surface area contributed by atoms with Crippen LogP contribution in [0.5, 0.6) is 0 Å². The standard InChI is InChI=1S/C6H13NO7S/c8-1-2-3(9)4(10)5(11)6(7-2)15(12,13)14/h2-11H,1H2,(H,12,13,14)/t2-,3-,4+,5+,6?/m1/s1. The highest BCUT2D eigenvalue weighted by Gasteiger charge is 2.47. The summed E-state index contributed by atoms with van der Waals surface area (Å²) < 4.78 is 30.2. The summed E-state index contributed by atoms with van der Waals surface area (Å²) in [5, 5.41) is 36.9. The van der Waals surface area contributed by atoms with Crippen molar-refractivity contribution >= 4 is 10.1 Å². The molecule has 1 rings (SSSR count). The topological polar surface area (TPSA) is 147 Å². The van der Waals surface area contributed by atoms with Crippen LogP contribution in [0.15, 0.2) is 0 Å². The molecule has 0 aromatic heterocycles. The van der Waals surface area contributed by atoms with Gasteiger partial charge >= 0.3 is 0 Å². The van der Waals surface area contributed by atoms with Crippen LogP contribution in [0.2, 0.25) is 0 Å². The van der Waals surface area contributed by atoms with E-state index < -0.39 is 46.5 Å². The predicted octanol–water partition coefficient (Wildman–Crippen LogP) is -3.75. The van der Waals surface area contributed by atoms with Gasteiger partial charge in [-0.1, -0.05) is 0 Å². The van der Waals surface area contributed by atoms with E-state index in [1.165, 1.54) is 0 Å². The van der Waals surface area contributed by atoms with Crippen molar-refractivity contribution in [2.45, 2.75) is 29.7 Å². The fraction of sp³-hybridized carbons (Fsp3) is 1.00. The van der Waals surface area contributed by atoms with Gasteiger partial charge in [0, 0.05) is 0 Å². The number of hydrogen-bond acceptors (Lipinski definition) is 7. The van der Waals surface area contributed by atoms with E-state index in [1.807, 2.05) is 0 Å². The first-order valence-electron chi connectivity index (χ1n) is 4.16. The molecule has 1 aliphatic rings. The number of aliphatic hydroxyl groups excluding tert-OH is 4. The smallest absolute Gasteiger partial charge is 0.283 e. The lowest BCUT2D eigenvalue weighted by Gasteiger charge is -2.39. The van der Waals surface area contributed by atoms with Crippen LogP contribution >= 0.6 is 0 Å². The van der Waals surface area contributed by atoms with Gasteiger partial charge in [-0.2, -0.15) is 8.42 Å². The van der Waals surface area contributed by atoms with Gasteiger partial charge < -0.3 is 20.4 Å². The van der Waals surface area contributed by atoms with Gasteiger partial charge in [0.15, 0.2) is 5.37 Å². The molecule has 1 heterocycles. The average Bonchev–Trinajstić information content (AvgIpc) is 2.13. The van der Waals surface area contributed by atoms with Gasteiger partial charge in [0.05, 0.1) is 12.6 Å². The van der Waals surface area contributed by atoms with E-state index in [1.54, 1.807) is 0 Å². The quantitative estimate of drug-likeness (QED) is 0.271. The molecule has 15 heavy (non-hydrogen) atoms. The second-order valence-electron chi connectivity index (χ2n) is 3.36. The maximum absolute atomic E-state index is 10.8. The molecule has 0 spiro atoms. The van der Waals surface area contributed by atoms with Crippen molar-refractivity contribution in [3.05, 3.63) is 0 Å². The first-order valence-corrected chi connectivity index (χ1v) is 5.66. The molecule has 0 aromatic carbocycles. The van der Waals surface area contributed by atoms with Crippen LogP contribution in [0.3, 0.4) is 0 Å². The van der Waals surface area contributed by atoms with E-state index in [0.717, 1.165) is 0 Å². The second-order valence-corrected chi connectivity index (χ2v) is 4.90. The van der Waals surface area contributed by atoms with Crippen molar-refractivity contribution < 1.29 is 33.4 Å². The van der Waals surface area contributed by atoms with Crippen molar-refractivity contribution in [3.8, 4) is 0 Å². The van der Waals surface area contributed by atoms with Gasteiger partial charge in [0.25, 0.3) is 10.1 Å². The van der Waals surface area contributed by atoms with Crippen LogP contribution in [0.25, 0.3) is 0 Å². The summed E-state index contributed by atoms with van der Waals surface area (Å²) in [5.74, 6) is 0. The van der Waals surface area contributed by atoms with Crippen LogP contribution in [-0.4, -0.2) is 69.7 Å². The van der Waals surface area contributed by atoms with Crippen LogP contribution in [0.1, 0.15) is 0 Å². The number of piperidine rings is 1. The molecule has 0 radical (unpaired) electrons. The van der Waals surface area contributed by atoms with E-state index >= 15 is 0 Å². The summed E-state index contributed by atoms with van der Waals surface area (Å²) in [7, 11) is -4.62. The molecule has 0 aliphatic carbocycles. The van der Waals surface area contributed by atoms with Gasteiger partial charge in [-0.25, -0.2) is 0 Å². The fourth-order valence-electron chi connectivity index (χ4n) is 1.45. The Morgan fingerprint density at radius 3 is 2.00 bits per heavy atom. The molecule has 1 saturated heterocycles. The van der Waals surface area contributed by atoms with Gasteiger partial charge in [-0.15, -0.1) is 0 Å². The third kappa shape index (κ3) is 2.45. The zero-order valence-electron chi connectivity index (χ0n) is 7.55. The number of aliphatic hydroxyl groups is 4. The van der Waals surface area contributed by atoms with Crippen molar-refractivity contribution in [2.75, 3.05) is 6.61 Å². The van der Waals surface area contributed by atoms with Gasteiger partial charge in [-0.05, 0) is 0 Å². The normalized spacial score (nSPS) is 42.9. The molecular weight excluding hydrogens is 230 g/mol. The number of nitrogens with one attached hydrogen (secondary N) is 1. The second kappa shape index (κ2) is 4.29. The molecule has 8 nitrogen and oxygen atoms in total. The SMILES string of the molecule is O=S(=O)(O)C1N[C@H](CO)[C@@H](O)[C@H](O)[C@@H]1O. The van der Waals surface area contributed by atoms with Gasteiger partial charge in [0.1, 0.15) is 18.3 Å². The fourth-order valence-corrected chi connectivity index (χ4v) is 2.31. The van der Waals surface area contributed by atoms with Crippen molar-refractivity contribution in [1.82, 2.24) is 5.32 Å². The largest absolute Gasteiger partial charge is 0.395 e. The molecule has 5 atom stereocenters. The highest BCUT2D eigenvalue weighted by molar-refractivity contribution is 7.86. The highest BCUT2D eigenvalue weighted by Crippen LogP contribution is 2.18. The molecule has 0 aromatic rings. The lowest BCUT2D eigenvalue weighted by atomic mass is 9.96. The Hall–Kier alpha value is -0.290. The summed E-state index contributed by atoms with van der Waals surface area (Å²) >= 11 is 0. The lowest BCUT2D eigenvalue weighted by Crippen LogP contribution is -2.67. The Kier molecular flexibility index (Phi) is 3.66. The summed E-state index contributed by atoms with van der Waals surface area (Å²) in [4.78, 5) is 0. The Labute approximate surface area is 85.9 Å². The molecule has 0 saturated carbocycles. The molecule has 9 heteroatoms. The lowest BCUT2D eigenvalue weighted by molar-refractivity contribution is -0.108. The Bertz CT molecular complexity index is 315. The van der Waals surface area contributed by atoms with E-state index in [-0.39, 0.29) is 0 Å². The first-order chi connectivity index (χ1) is 6.79. The minimum absolute atomic E-state index is 0.642. The van der Waals surface area contributed by atoms with Crippen molar-refractivity contribution in [3.63, 3.8) is 0 Å². The predicted molar refractivity (Wildman–Crippen MR) is 47.4 cm³/mol. The van der Waals surface area contributed by atoms with E-state index in [0.29, 0.717) is 0 Å². The van der Waals surface area contributed by atoms with Crippen LogP contribution in [0, 0.1) is 0 Å². The Balaban J connectivity index is 2.93. The molecule has 1 fully saturated rings. The molecule has 1 unspecified atom stereocenters. The molecule has 1 aliphatic heterocycles. The minimum Gasteiger partial charge on any atom is -0.395 e. The maximum atomic E-state index is 10.8. The van der Waals surface area contributed by atoms with Crippen LogP contribution in [0.4, 0.5) is 0 Å². The van der Waals surface area contributed by atoms with Crippen LogP contribution < -0.4 is 5.32 Å². The van der Waals surface area contributed by atoms with E-state index in [9.17, 15) is 23.7 Å². The Morgan fingerprint density at radius 2 is 1.60 bits per heavy atom. The Morgan fingerprint density at radius 1 is 1.07 bits per heavy atom. The number of hydrogen-bond donors (Lipinski definition) is 6. The van der Waals surface area contributed by atoms with E-state index in [4.69, 9.17) is 9.66 Å². The van der Waals surface area contributed by atoms with Gasteiger partial charge in [0.2, 0.25) is 0 Å². The molecular formula is C6H13NO7S. The van der Waals surface area contributed by atoms with Crippen molar-refractivity contribution in [2.24, 2.45) is 0 Å². The summed E-state index contributed by atoms with van der Waals surface area (Å²) in [6.45, 7) is -0.642. The van der Waals surface area contributed by atoms with Crippen molar-refractivity contribution in [1.29, 1.82) is 0 Å². The molecule has 0 bridgehead atoms.